The monoisotopic (exact) mass is 1230 g/mol. The number of rotatable bonds is 30. The number of piperazine rings is 1. The number of aryl methyl sites for hydroxylation is 3. The predicted octanol–water partition coefficient (Wildman–Crippen LogP) is 5.24. The predicted molar refractivity (Wildman–Crippen MR) is 337 cm³/mol. The van der Waals surface area contributed by atoms with E-state index >= 15 is 0 Å². The molecule has 2 aliphatic rings. The number of nitrogens with zero attached hydrogens (tertiary/aromatic N) is 7. The molecule has 0 bridgehead atoms. The summed E-state index contributed by atoms with van der Waals surface area (Å²) in [5, 5.41) is 27.7. The van der Waals surface area contributed by atoms with Crippen LogP contribution < -0.4 is 31.7 Å². The molecule has 88 heavy (non-hydrogen) atoms. The highest BCUT2D eigenvalue weighted by Gasteiger charge is 2.44. The van der Waals surface area contributed by atoms with Gasteiger partial charge in [0.1, 0.15) is 17.9 Å². The highest BCUT2D eigenvalue weighted by atomic mass is 32.1. The van der Waals surface area contributed by atoms with Gasteiger partial charge >= 0.3 is 0 Å². The number of aliphatic hydroxyl groups is 1. The van der Waals surface area contributed by atoms with E-state index in [0.29, 0.717) is 50.7 Å². The molecule has 2 fully saturated rings. The first-order chi connectivity index (χ1) is 42.2. The summed E-state index contributed by atoms with van der Waals surface area (Å²) in [7, 11) is 0. The van der Waals surface area contributed by atoms with Crippen LogP contribution >= 0.6 is 11.3 Å². The maximum atomic E-state index is 14.0. The van der Waals surface area contributed by atoms with Gasteiger partial charge in [0.25, 0.3) is 11.5 Å². The third-order valence-electron chi connectivity index (χ3n) is 15.7. The normalized spacial score (nSPS) is 15.9. The number of amides is 5. The second-order valence-electron chi connectivity index (χ2n) is 23.7. The molecule has 2 aromatic carbocycles. The molecule has 474 valence electrons. The number of ether oxygens (including phenoxy) is 4. The number of β-amino-alcohol motifs (C(OH)–C–C–N with tert-alkyl or cyclic N) is 1. The number of hydrogen-bond donors (Lipinski definition) is 6. The number of aromatic nitrogens is 5. The van der Waals surface area contributed by atoms with E-state index in [1.807, 2.05) is 126 Å². The molecular formula is C64H86N12O11S. The number of hydrogen-bond acceptors (Lipinski definition) is 17. The Morgan fingerprint density at radius 1 is 0.761 bits per heavy atom. The molecule has 8 rings (SSSR count). The summed E-state index contributed by atoms with van der Waals surface area (Å²) >= 11 is 1.57. The number of nitrogens with one attached hydrogen (secondary N) is 5. The van der Waals surface area contributed by atoms with Gasteiger partial charge in [0, 0.05) is 113 Å². The fourth-order valence-corrected chi connectivity index (χ4v) is 11.6. The molecule has 0 unspecified atom stereocenters. The maximum absolute atomic E-state index is 14.0. The Morgan fingerprint density at radius 3 is 2.03 bits per heavy atom. The number of pyridine rings is 2. The minimum Gasteiger partial charge on any atom is -0.391 e. The molecule has 4 aromatic heterocycles. The summed E-state index contributed by atoms with van der Waals surface area (Å²) < 4.78 is 24.3. The molecule has 5 amide bonds. The van der Waals surface area contributed by atoms with Crippen molar-refractivity contribution in [2.24, 2.45) is 5.41 Å². The van der Waals surface area contributed by atoms with Gasteiger partial charge in [0.2, 0.25) is 23.6 Å². The lowest BCUT2D eigenvalue weighted by atomic mass is 9.85. The molecular weight excluding hydrogens is 1140 g/mol. The second-order valence-corrected chi connectivity index (χ2v) is 24.6. The van der Waals surface area contributed by atoms with Crippen LogP contribution in [0.2, 0.25) is 0 Å². The number of H-pyrrole nitrogens is 1. The van der Waals surface area contributed by atoms with Crippen LogP contribution in [0.15, 0.2) is 77.3 Å². The van der Waals surface area contributed by atoms with Crippen molar-refractivity contribution in [1.82, 2.24) is 55.8 Å². The van der Waals surface area contributed by atoms with Crippen LogP contribution in [0.1, 0.15) is 98.4 Å². The lowest BCUT2D eigenvalue weighted by Crippen LogP contribution is -2.57. The zero-order valence-corrected chi connectivity index (χ0v) is 52.8. The zero-order chi connectivity index (χ0) is 62.9. The van der Waals surface area contributed by atoms with E-state index in [0.717, 1.165) is 93.5 Å². The third-order valence-corrected chi connectivity index (χ3v) is 16.6. The molecule has 0 radical (unpaired) electrons. The van der Waals surface area contributed by atoms with E-state index < -0.39 is 29.5 Å². The first-order valence-corrected chi connectivity index (χ1v) is 31.2. The van der Waals surface area contributed by atoms with Crippen LogP contribution in [0.5, 0.6) is 0 Å². The Kier molecular flexibility index (Phi) is 23.9. The Balaban J connectivity index is 0.638. The molecule has 0 aliphatic carbocycles. The maximum Gasteiger partial charge on any atom is 0.253 e. The van der Waals surface area contributed by atoms with E-state index in [2.05, 4.69) is 46.1 Å². The minimum absolute atomic E-state index is 0.0126. The molecule has 23 nitrogen and oxygen atoms in total. The van der Waals surface area contributed by atoms with Crippen molar-refractivity contribution in [3.63, 3.8) is 0 Å². The quantitative estimate of drug-likeness (QED) is 0.0315. The fourth-order valence-electron chi connectivity index (χ4n) is 10.8. The first-order valence-electron chi connectivity index (χ1n) is 30.3. The van der Waals surface area contributed by atoms with E-state index in [1.54, 1.807) is 17.5 Å². The van der Waals surface area contributed by atoms with Gasteiger partial charge in [-0.1, -0.05) is 45.0 Å². The van der Waals surface area contributed by atoms with Crippen molar-refractivity contribution in [1.29, 1.82) is 0 Å². The molecule has 0 spiro atoms. The number of carbonyl (C=O) groups is 5. The molecule has 0 saturated carbocycles. The van der Waals surface area contributed by atoms with Gasteiger partial charge in [-0.2, -0.15) is 5.10 Å². The molecule has 6 aromatic rings. The van der Waals surface area contributed by atoms with Crippen molar-refractivity contribution >= 4 is 57.6 Å². The smallest absolute Gasteiger partial charge is 0.253 e. The van der Waals surface area contributed by atoms with Gasteiger partial charge in [-0.05, 0) is 92.6 Å². The highest BCUT2D eigenvalue weighted by Crippen LogP contribution is 2.32. The molecule has 24 heteroatoms. The van der Waals surface area contributed by atoms with E-state index in [9.17, 15) is 33.9 Å². The summed E-state index contributed by atoms with van der Waals surface area (Å²) in [6.45, 7) is 22.4. The Labute approximate surface area is 518 Å². The fraction of sp³-hybridized carbons (Fsp3) is 0.516. The molecule has 3 atom stereocenters. The van der Waals surface area contributed by atoms with E-state index in [1.165, 1.54) is 4.90 Å². The number of aliphatic hydroxyl groups excluding tert-OH is 1. The summed E-state index contributed by atoms with van der Waals surface area (Å²) in [4.78, 5) is 98.5. The largest absolute Gasteiger partial charge is 0.391 e. The Hall–Kier alpha value is -7.45. The van der Waals surface area contributed by atoms with Gasteiger partial charge in [0.05, 0.1) is 92.3 Å². The number of anilines is 1. The topological polar surface area (TPSA) is 277 Å². The Bertz CT molecular complexity index is 3370. The van der Waals surface area contributed by atoms with Crippen LogP contribution in [0.3, 0.4) is 0 Å². The number of carbonyl (C=O) groups excluding carboxylic acids is 5. The average Bonchev–Trinajstić information content (AvgIpc) is 3.25. The summed E-state index contributed by atoms with van der Waals surface area (Å²) in [6, 6.07) is 15.9. The van der Waals surface area contributed by atoms with Gasteiger partial charge in [0.15, 0.2) is 0 Å². The lowest BCUT2D eigenvalue weighted by Gasteiger charge is -2.35. The number of fused-ring (bicyclic) bond motifs is 1. The number of aromatic amines is 1. The van der Waals surface area contributed by atoms with Crippen LogP contribution in [0, 0.1) is 26.2 Å². The van der Waals surface area contributed by atoms with Crippen molar-refractivity contribution in [2.45, 2.75) is 112 Å². The summed E-state index contributed by atoms with van der Waals surface area (Å²) in [5.41, 5.74) is 8.89. The number of benzene rings is 2. The van der Waals surface area contributed by atoms with Crippen molar-refractivity contribution < 1.29 is 48.0 Å². The SMILES string of the molecule is Cc1cc(C)c(CNC(=O)c2cc(-c3ccc(N4CCN(CCNC(=O)CCOCCOCCOCCOCCC(=O)N[C@H](C(=O)N5C[C@H](O)C[C@H]5C(=O)NCc5ccc(-c6scnc6C)cc5)C(C)(C)C)CC4)nc3)cc3c2cnn3C(C)C)c(=O)[nH]1. The lowest BCUT2D eigenvalue weighted by molar-refractivity contribution is -0.144. The minimum atomic E-state index is -0.942. The highest BCUT2D eigenvalue weighted by molar-refractivity contribution is 7.13. The van der Waals surface area contributed by atoms with E-state index in [4.69, 9.17) is 23.9 Å². The van der Waals surface area contributed by atoms with Crippen LogP contribution in [-0.4, -0.2) is 186 Å². The molecule has 6 heterocycles. The van der Waals surface area contributed by atoms with Gasteiger partial charge in [-0.25, -0.2) is 9.97 Å². The summed E-state index contributed by atoms with van der Waals surface area (Å²) in [5.74, 6) is -0.688. The van der Waals surface area contributed by atoms with Crippen molar-refractivity contribution in [3.05, 3.63) is 116 Å². The first kappa shape index (κ1) is 66.5. The molecule has 2 aliphatic heterocycles. The Morgan fingerprint density at radius 2 is 1.42 bits per heavy atom. The van der Waals surface area contributed by atoms with E-state index in [-0.39, 0.29) is 93.9 Å². The zero-order valence-electron chi connectivity index (χ0n) is 51.9. The number of thiazole rings is 1. The second kappa shape index (κ2) is 31.6. The molecule has 6 N–H and O–H groups in total. The van der Waals surface area contributed by atoms with Crippen molar-refractivity contribution in [3.8, 4) is 21.6 Å². The van der Waals surface area contributed by atoms with Crippen LogP contribution in [0.4, 0.5) is 5.82 Å². The van der Waals surface area contributed by atoms with Gasteiger partial charge in [-0.15, -0.1) is 11.3 Å². The molecule has 2 saturated heterocycles. The van der Waals surface area contributed by atoms with Crippen LogP contribution in [-0.2, 0) is 51.2 Å². The average molecular weight is 1230 g/mol. The van der Waals surface area contributed by atoms with Gasteiger partial charge < -0.3 is 60.1 Å². The van der Waals surface area contributed by atoms with Crippen molar-refractivity contribution in [2.75, 3.05) is 104 Å². The number of likely N-dealkylation sites (tertiary alicyclic amines) is 1. The standard InChI is InChI=1S/C64H86N12O11S/c1-41(2)76-53-33-48(32-50(52(53)38-70-76)60(80)68-37-51-42(3)31-43(4)71-61(51)81)47-13-14-55(66-36-47)74-21-19-73(20-22-74)18-17-65-56(78)15-23-84-25-27-86-29-30-87-28-26-85-24-16-57(79)72-59(64(6,7)8)63(83)75-39-49(77)34-54(75)62(82)67-35-45-9-11-46(12-10-45)58-44(5)69-40-88-58/h9-14,31-33,36,38,40-41,49,54,59,77H,15-30,34-35,37,39H2,1-8H3,(H,65,78)(H,67,82)(H,68,80)(H,71,81)(H,72,79)/t49-,54+,59-/m1/s1. The third kappa shape index (κ3) is 18.3. The summed E-state index contributed by atoms with van der Waals surface area (Å²) in [6.07, 6.45) is 3.03. The van der Waals surface area contributed by atoms with Gasteiger partial charge in [-0.3, -0.25) is 38.3 Å². The van der Waals surface area contributed by atoms with Crippen LogP contribution in [0.25, 0.3) is 32.5 Å².